The highest BCUT2D eigenvalue weighted by molar-refractivity contribution is 6.33. The lowest BCUT2D eigenvalue weighted by Crippen LogP contribution is -2.17. The van der Waals surface area contributed by atoms with Gasteiger partial charge in [-0.1, -0.05) is 28.9 Å². The van der Waals surface area contributed by atoms with E-state index in [0.717, 1.165) is 5.56 Å². The van der Waals surface area contributed by atoms with E-state index in [1.165, 1.54) is 0 Å². The predicted octanol–water partition coefficient (Wildman–Crippen LogP) is 3.69. The maximum Gasteiger partial charge on any atom is 0.367 e. The Hall–Kier alpha value is -2.53. The SMILES string of the molecule is COc1ccc2c(c1)OCC/C2=N\OC(=O)c1ccccc1Cl. The molecule has 0 fully saturated rings. The Bertz CT molecular complexity index is 773. The van der Waals surface area contributed by atoms with Crippen LogP contribution in [-0.4, -0.2) is 25.4 Å². The van der Waals surface area contributed by atoms with E-state index < -0.39 is 5.97 Å². The first-order valence-corrected chi connectivity index (χ1v) is 7.41. The molecule has 0 saturated heterocycles. The molecule has 0 spiro atoms. The van der Waals surface area contributed by atoms with Crippen molar-refractivity contribution in [1.29, 1.82) is 0 Å². The van der Waals surface area contributed by atoms with Gasteiger partial charge in [-0.15, -0.1) is 0 Å². The summed E-state index contributed by atoms with van der Waals surface area (Å²) in [4.78, 5) is 17.1. The van der Waals surface area contributed by atoms with Gasteiger partial charge in [0.15, 0.2) is 0 Å². The number of carbonyl (C=O) groups is 1. The lowest BCUT2D eigenvalue weighted by atomic mass is 10.0. The van der Waals surface area contributed by atoms with Crippen LogP contribution in [0.25, 0.3) is 0 Å². The molecule has 1 aliphatic heterocycles. The molecule has 2 aromatic rings. The van der Waals surface area contributed by atoms with Crippen LogP contribution in [-0.2, 0) is 4.84 Å². The third-order valence-electron chi connectivity index (χ3n) is 3.43. The average molecular weight is 332 g/mol. The molecule has 0 amide bonds. The van der Waals surface area contributed by atoms with Crippen molar-refractivity contribution in [2.75, 3.05) is 13.7 Å². The number of hydrogen-bond acceptors (Lipinski definition) is 5. The van der Waals surface area contributed by atoms with Gasteiger partial charge in [-0.2, -0.15) is 0 Å². The maximum absolute atomic E-state index is 12.1. The van der Waals surface area contributed by atoms with Gasteiger partial charge in [0.2, 0.25) is 0 Å². The first-order chi connectivity index (χ1) is 11.2. The molecule has 3 rings (SSSR count). The van der Waals surface area contributed by atoms with E-state index in [-0.39, 0.29) is 5.56 Å². The maximum atomic E-state index is 12.1. The molecule has 118 valence electrons. The molecule has 0 atom stereocenters. The summed E-state index contributed by atoms with van der Waals surface area (Å²) in [5.41, 5.74) is 1.71. The minimum atomic E-state index is -0.593. The van der Waals surface area contributed by atoms with Gasteiger partial charge in [-0.05, 0) is 24.3 Å². The van der Waals surface area contributed by atoms with Crippen molar-refractivity contribution in [1.82, 2.24) is 0 Å². The van der Waals surface area contributed by atoms with Crippen LogP contribution in [0.3, 0.4) is 0 Å². The number of hydrogen-bond donors (Lipinski definition) is 0. The van der Waals surface area contributed by atoms with Crippen molar-refractivity contribution >= 4 is 23.3 Å². The van der Waals surface area contributed by atoms with Crippen molar-refractivity contribution in [3.05, 3.63) is 58.6 Å². The molecule has 0 unspecified atom stereocenters. The number of halogens is 1. The van der Waals surface area contributed by atoms with Crippen LogP contribution in [0.2, 0.25) is 5.02 Å². The Morgan fingerprint density at radius 3 is 2.87 bits per heavy atom. The van der Waals surface area contributed by atoms with E-state index in [2.05, 4.69) is 5.16 Å². The third-order valence-corrected chi connectivity index (χ3v) is 3.76. The monoisotopic (exact) mass is 331 g/mol. The lowest BCUT2D eigenvalue weighted by molar-refractivity contribution is 0.0514. The normalized spacial score (nSPS) is 14.8. The van der Waals surface area contributed by atoms with Crippen LogP contribution in [0.15, 0.2) is 47.6 Å². The van der Waals surface area contributed by atoms with Crippen molar-refractivity contribution in [3.63, 3.8) is 0 Å². The molecule has 0 saturated carbocycles. The Kier molecular flexibility index (Phi) is 4.48. The minimum absolute atomic E-state index is 0.278. The summed E-state index contributed by atoms with van der Waals surface area (Å²) in [6.45, 7) is 0.461. The minimum Gasteiger partial charge on any atom is -0.497 e. The smallest absolute Gasteiger partial charge is 0.367 e. The molecule has 1 aliphatic rings. The summed E-state index contributed by atoms with van der Waals surface area (Å²) in [5, 5.41) is 4.31. The van der Waals surface area contributed by atoms with Crippen molar-refractivity contribution in [2.24, 2.45) is 5.16 Å². The number of oxime groups is 1. The zero-order chi connectivity index (χ0) is 16.2. The standard InChI is InChI=1S/C17H14ClNO4/c1-21-11-6-7-13-15(8-9-22-16(13)10-11)19-23-17(20)12-4-2-3-5-14(12)18/h2-7,10H,8-9H2,1H3/b19-15+. The van der Waals surface area contributed by atoms with Crippen LogP contribution in [0.1, 0.15) is 22.3 Å². The molecule has 23 heavy (non-hydrogen) atoms. The molecule has 1 heterocycles. The van der Waals surface area contributed by atoms with E-state index in [1.54, 1.807) is 43.5 Å². The van der Waals surface area contributed by atoms with Gasteiger partial charge < -0.3 is 14.3 Å². The van der Waals surface area contributed by atoms with Crippen molar-refractivity contribution < 1.29 is 19.1 Å². The van der Waals surface area contributed by atoms with Crippen molar-refractivity contribution in [2.45, 2.75) is 6.42 Å². The molecule has 2 aromatic carbocycles. The fourth-order valence-electron chi connectivity index (χ4n) is 2.25. The quantitative estimate of drug-likeness (QED) is 0.635. The van der Waals surface area contributed by atoms with Crippen molar-refractivity contribution in [3.8, 4) is 11.5 Å². The third kappa shape index (κ3) is 3.29. The van der Waals surface area contributed by atoms with Gasteiger partial charge in [0.05, 0.1) is 30.0 Å². The Balaban J connectivity index is 1.82. The zero-order valence-corrected chi connectivity index (χ0v) is 13.2. The second-order valence-corrected chi connectivity index (χ2v) is 5.26. The molecule has 0 aromatic heterocycles. The molecular weight excluding hydrogens is 318 g/mol. The molecule has 0 aliphatic carbocycles. The topological polar surface area (TPSA) is 57.1 Å². The number of benzene rings is 2. The van der Waals surface area contributed by atoms with Gasteiger partial charge in [0, 0.05) is 18.1 Å². The molecule has 0 bridgehead atoms. The van der Waals surface area contributed by atoms with Crippen LogP contribution in [0, 0.1) is 0 Å². The van der Waals surface area contributed by atoms with Crippen LogP contribution < -0.4 is 9.47 Å². The first kappa shape index (κ1) is 15.4. The van der Waals surface area contributed by atoms with Gasteiger partial charge in [0.25, 0.3) is 0 Å². The highest BCUT2D eigenvalue weighted by atomic mass is 35.5. The van der Waals surface area contributed by atoms with E-state index in [4.69, 9.17) is 25.9 Å². The Morgan fingerprint density at radius 1 is 1.26 bits per heavy atom. The summed E-state index contributed by atoms with van der Waals surface area (Å²) in [7, 11) is 1.59. The number of ether oxygens (including phenoxy) is 2. The molecule has 5 nitrogen and oxygen atoms in total. The number of fused-ring (bicyclic) bond motifs is 1. The summed E-state index contributed by atoms with van der Waals surface area (Å²) in [6.07, 6.45) is 0.551. The molecule has 6 heteroatoms. The average Bonchev–Trinajstić information content (AvgIpc) is 2.59. The van der Waals surface area contributed by atoms with E-state index in [0.29, 0.717) is 35.3 Å². The fourth-order valence-corrected chi connectivity index (χ4v) is 2.46. The van der Waals surface area contributed by atoms with Gasteiger partial charge >= 0.3 is 5.97 Å². The van der Waals surface area contributed by atoms with E-state index in [1.807, 2.05) is 6.07 Å². The van der Waals surface area contributed by atoms with Gasteiger partial charge in [-0.25, -0.2) is 4.79 Å². The van der Waals surface area contributed by atoms with E-state index >= 15 is 0 Å². The van der Waals surface area contributed by atoms with Crippen LogP contribution in [0.5, 0.6) is 11.5 Å². The zero-order valence-electron chi connectivity index (χ0n) is 12.4. The van der Waals surface area contributed by atoms with Crippen LogP contribution >= 0.6 is 11.6 Å². The van der Waals surface area contributed by atoms with Crippen LogP contribution in [0.4, 0.5) is 0 Å². The molecule has 0 radical (unpaired) electrons. The van der Waals surface area contributed by atoms with Gasteiger partial charge in [-0.3, -0.25) is 0 Å². The fraction of sp³-hybridized carbons (Fsp3) is 0.176. The molecular formula is C17H14ClNO4. The predicted molar refractivity (Wildman–Crippen MR) is 86.5 cm³/mol. The Labute approximate surface area is 138 Å². The first-order valence-electron chi connectivity index (χ1n) is 7.03. The number of nitrogens with zero attached hydrogens (tertiary/aromatic N) is 1. The molecule has 0 N–H and O–H groups in total. The number of carbonyl (C=O) groups excluding carboxylic acids is 1. The van der Waals surface area contributed by atoms with E-state index in [9.17, 15) is 4.79 Å². The summed E-state index contributed by atoms with van der Waals surface area (Å²) in [6, 6.07) is 12.1. The van der Waals surface area contributed by atoms with Gasteiger partial charge in [0.1, 0.15) is 11.5 Å². The largest absolute Gasteiger partial charge is 0.497 e. The number of methoxy groups -OCH3 is 1. The highest BCUT2D eigenvalue weighted by Crippen LogP contribution is 2.29. The summed E-state index contributed by atoms with van der Waals surface area (Å²) >= 11 is 5.97. The second kappa shape index (κ2) is 6.71. The summed E-state index contributed by atoms with van der Waals surface area (Å²) < 4.78 is 10.7. The second-order valence-electron chi connectivity index (χ2n) is 4.86. The highest BCUT2D eigenvalue weighted by Gasteiger charge is 2.19. The number of rotatable bonds is 3. The Morgan fingerprint density at radius 2 is 2.09 bits per heavy atom. The lowest BCUT2D eigenvalue weighted by Gasteiger charge is -2.19. The summed E-state index contributed by atoms with van der Waals surface area (Å²) in [5.74, 6) is 0.755.